The van der Waals surface area contributed by atoms with E-state index in [1.165, 1.54) is 33.3 Å². The second-order valence-corrected chi connectivity index (χ2v) is 8.44. The van der Waals surface area contributed by atoms with Gasteiger partial charge in [0.25, 0.3) is 0 Å². The minimum Gasteiger partial charge on any atom is -0.358 e. The summed E-state index contributed by atoms with van der Waals surface area (Å²) in [7, 11) is 0. The number of hydrogen-bond donors (Lipinski definition) is 2. The fraction of sp³-hybridized carbons (Fsp3) is 0.231. The van der Waals surface area contributed by atoms with E-state index in [1.54, 1.807) is 6.20 Å². The molecule has 0 amide bonds. The fourth-order valence-corrected chi connectivity index (χ4v) is 4.20. The zero-order chi connectivity index (χ0) is 21.8. The average Bonchev–Trinajstić information content (AvgIpc) is 3.07. The molecule has 31 heavy (non-hydrogen) atoms. The van der Waals surface area contributed by atoms with Gasteiger partial charge in [-0.3, -0.25) is 4.98 Å². The van der Waals surface area contributed by atoms with Gasteiger partial charge in [-0.15, -0.1) is 0 Å². The predicted molar refractivity (Wildman–Crippen MR) is 134 cm³/mol. The molecule has 5 heteroatoms. The minimum atomic E-state index is 0.714. The molecule has 0 atom stereocenters. The quantitative estimate of drug-likeness (QED) is 0.374. The van der Waals surface area contributed by atoms with E-state index in [0.29, 0.717) is 6.54 Å². The molecule has 158 valence electrons. The van der Waals surface area contributed by atoms with Crippen LogP contribution in [0.3, 0.4) is 0 Å². The number of nitrogens with zero attached hydrogens (tertiary/aromatic N) is 2. The van der Waals surface area contributed by atoms with E-state index in [-0.39, 0.29) is 0 Å². The highest BCUT2D eigenvalue weighted by Crippen LogP contribution is 2.24. The standard InChI is InChI=1S/C26H28N4S/c1-18-10-11-25-23(15-18)22(20(3)28-25)12-14-30(17-21-8-6-13-27-16-21)26(31)29-24-9-5-4-7-19(24)2/h4-11,13,15-16,28H,12,14,17H2,1-3H3,(H,29,31). The number of hydrogen-bond acceptors (Lipinski definition) is 2. The summed E-state index contributed by atoms with van der Waals surface area (Å²) in [6.07, 6.45) is 4.62. The number of anilines is 1. The highest BCUT2D eigenvalue weighted by Gasteiger charge is 2.15. The van der Waals surface area contributed by atoms with Gasteiger partial charge in [0.2, 0.25) is 0 Å². The van der Waals surface area contributed by atoms with Crippen LogP contribution >= 0.6 is 12.2 Å². The molecule has 0 unspecified atom stereocenters. The van der Waals surface area contributed by atoms with Crippen molar-refractivity contribution in [3.63, 3.8) is 0 Å². The van der Waals surface area contributed by atoms with Crippen LogP contribution < -0.4 is 5.32 Å². The number of pyridine rings is 1. The number of fused-ring (bicyclic) bond motifs is 1. The molecule has 2 aromatic carbocycles. The number of nitrogens with one attached hydrogen (secondary N) is 2. The SMILES string of the molecule is Cc1ccc2[nH]c(C)c(CCN(Cc3cccnc3)C(=S)Nc3ccccc3C)c2c1. The maximum absolute atomic E-state index is 5.85. The third kappa shape index (κ3) is 4.94. The molecular formula is C26H28N4S. The molecule has 0 fully saturated rings. The van der Waals surface area contributed by atoms with E-state index in [4.69, 9.17) is 12.2 Å². The number of aromatic nitrogens is 2. The van der Waals surface area contributed by atoms with E-state index in [9.17, 15) is 0 Å². The summed E-state index contributed by atoms with van der Waals surface area (Å²) in [6, 6.07) is 18.9. The van der Waals surface area contributed by atoms with E-state index in [0.717, 1.165) is 29.3 Å². The van der Waals surface area contributed by atoms with Crippen molar-refractivity contribution in [3.05, 3.63) is 94.9 Å². The van der Waals surface area contributed by atoms with Gasteiger partial charge >= 0.3 is 0 Å². The van der Waals surface area contributed by atoms with Crippen molar-refractivity contribution in [2.75, 3.05) is 11.9 Å². The Hall–Kier alpha value is -3.18. The Morgan fingerprint density at radius 2 is 1.90 bits per heavy atom. The van der Waals surface area contributed by atoms with Crippen molar-refractivity contribution in [3.8, 4) is 0 Å². The Bertz CT molecular complexity index is 1200. The largest absolute Gasteiger partial charge is 0.358 e. The second kappa shape index (κ2) is 9.31. The van der Waals surface area contributed by atoms with Crippen LogP contribution in [0.4, 0.5) is 5.69 Å². The van der Waals surface area contributed by atoms with Crippen molar-refractivity contribution < 1.29 is 0 Å². The first-order chi connectivity index (χ1) is 15.0. The number of rotatable bonds is 6. The predicted octanol–water partition coefficient (Wildman–Crippen LogP) is 5.93. The van der Waals surface area contributed by atoms with E-state index in [1.807, 2.05) is 24.4 Å². The normalized spacial score (nSPS) is 10.9. The molecule has 2 heterocycles. The zero-order valence-corrected chi connectivity index (χ0v) is 19.1. The first kappa shape index (κ1) is 21.1. The molecule has 0 saturated carbocycles. The van der Waals surface area contributed by atoms with Crippen molar-refractivity contribution in [2.24, 2.45) is 0 Å². The number of aryl methyl sites for hydroxylation is 3. The number of aromatic amines is 1. The maximum Gasteiger partial charge on any atom is 0.173 e. The van der Waals surface area contributed by atoms with Crippen LogP contribution in [0.5, 0.6) is 0 Å². The summed E-state index contributed by atoms with van der Waals surface area (Å²) in [6.45, 7) is 7.91. The van der Waals surface area contributed by atoms with Crippen LogP contribution in [-0.2, 0) is 13.0 Å². The Labute approximate surface area is 189 Å². The van der Waals surface area contributed by atoms with Crippen molar-refractivity contribution in [1.82, 2.24) is 14.9 Å². The average molecular weight is 429 g/mol. The van der Waals surface area contributed by atoms with Crippen molar-refractivity contribution >= 4 is 33.9 Å². The highest BCUT2D eigenvalue weighted by atomic mass is 32.1. The molecule has 0 spiro atoms. The molecule has 0 saturated heterocycles. The van der Waals surface area contributed by atoms with Crippen LogP contribution in [-0.4, -0.2) is 26.5 Å². The number of benzene rings is 2. The van der Waals surface area contributed by atoms with Crippen molar-refractivity contribution in [2.45, 2.75) is 33.7 Å². The third-order valence-corrected chi connectivity index (χ3v) is 6.04. The molecule has 2 N–H and O–H groups in total. The molecule has 2 aromatic heterocycles. The lowest BCUT2D eigenvalue weighted by Gasteiger charge is -2.26. The Balaban J connectivity index is 1.57. The summed E-state index contributed by atoms with van der Waals surface area (Å²) in [4.78, 5) is 10.0. The number of H-pyrrole nitrogens is 1. The molecule has 0 aliphatic heterocycles. The Morgan fingerprint density at radius 1 is 1.06 bits per heavy atom. The van der Waals surface area contributed by atoms with Gasteiger partial charge < -0.3 is 15.2 Å². The van der Waals surface area contributed by atoms with Crippen LogP contribution in [0.25, 0.3) is 10.9 Å². The van der Waals surface area contributed by atoms with Crippen molar-refractivity contribution in [1.29, 1.82) is 0 Å². The van der Waals surface area contributed by atoms with Gasteiger partial charge in [-0.25, -0.2) is 0 Å². The lowest BCUT2D eigenvalue weighted by atomic mass is 10.1. The van der Waals surface area contributed by atoms with Gasteiger partial charge in [0.05, 0.1) is 0 Å². The Kier molecular flexibility index (Phi) is 6.33. The van der Waals surface area contributed by atoms with E-state index < -0.39 is 0 Å². The summed E-state index contributed by atoms with van der Waals surface area (Å²) in [5.41, 5.74) is 8.40. The molecule has 0 bridgehead atoms. The third-order valence-electron chi connectivity index (χ3n) is 5.68. The summed E-state index contributed by atoms with van der Waals surface area (Å²) in [5.74, 6) is 0. The molecule has 0 aliphatic rings. The minimum absolute atomic E-state index is 0.714. The molecule has 0 aliphatic carbocycles. The Morgan fingerprint density at radius 3 is 2.68 bits per heavy atom. The number of thiocarbonyl (C=S) groups is 1. The zero-order valence-electron chi connectivity index (χ0n) is 18.3. The topological polar surface area (TPSA) is 44.0 Å². The van der Waals surface area contributed by atoms with Gasteiger partial charge in [0.15, 0.2) is 5.11 Å². The summed E-state index contributed by atoms with van der Waals surface area (Å²) < 4.78 is 0. The molecule has 4 aromatic rings. The maximum atomic E-state index is 5.85. The lowest BCUT2D eigenvalue weighted by molar-refractivity contribution is 0.422. The monoisotopic (exact) mass is 428 g/mol. The summed E-state index contributed by atoms with van der Waals surface area (Å²) >= 11 is 5.85. The van der Waals surface area contributed by atoms with E-state index in [2.05, 4.69) is 77.4 Å². The van der Waals surface area contributed by atoms with Gasteiger partial charge in [-0.1, -0.05) is 35.9 Å². The second-order valence-electron chi connectivity index (χ2n) is 8.06. The first-order valence-electron chi connectivity index (χ1n) is 10.6. The van der Waals surface area contributed by atoms with Gasteiger partial charge in [0, 0.05) is 47.8 Å². The van der Waals surface area contributed by atoms with Crippen LogP contribution in [0.2, 0.25) is 0 Å². The van der Waals surface area contributed by atoms with Gasteiger partial charge in [-0.05, 0) is 80.4 Å². The van der Waals surface area contributed by atoms with Crippen LogP contribution in [0.15, 0.2) is 67.0 Å². The molecule has 4 rings (SSSR count). The molecule has 4 nitrogen and oxygen atoms in total. The van der Waals surface area contributed by atoms with Crippen LogP contribution in [0.1, 0.15) is 27.9 Å². The van der Waals surface area contributed by atoms with Gasteiger partial charge in [0.1, 0.15) is 0 Å². The lowest BCUT2D eigenvalue weighted by Crippen LogP contribution is -2.36. The fourth-order valence-electron chi connectivity index (χ4n) is 3.94. The first-order valence-corrected chi connectivity index (χ1v) is 11.0. The van der Waals surface area contributed by atoms with E-state index >= 15 is 0 Å². The smallest absolute Gasteiger partial charge is 0.173 e. The molecule has 0 radical (unpaired) electrons. The summed E-state index contributed by atoms with van der Waals surface area (Å²) in [5, 5.41) is 5.48. The van der Waals surface area contributed by atoms with Gasteiger partial charge in [-0.2, -0.15) is 0 Å². The molecular weight excluding hydrogens is 400 g/mol. The highest BCUT2D eigenvalue weighted by molar-refractivity contribution is 7.80. The number of para-hydroxylation sites is 1. The van der Waals surface area contributed by atoms with Crippen LogP contribution in [0, 0.1) is 20.8 Å².